The van der Waals surface area contributed by atoms with Crippen molar-refractivity contribution in [1.82, 2.24) is 4.90 Å². The minimum atomic E-state index is -0.232. The first-order chi connectivity index (χ1) is 16.7. The van der Waals surface area contributed by atoms with Crippen molar-refractivity contribution >= 4 is 17.3 Å². The Morgan fingerprint density at radius 2 is 1.57 bits per heavy atom. The molecule has 0 spiro atoms. The number of carbonyl (C=O) groups is 1. The largest absolute Gasteiger partial charge is 0.379 e. The van der Waals surface area contributed by atoms with Crippen molar-refractivity contribution in [3.8, 4) is 0 Å². The van der Waals surface area contributed by atoms with Crippen molar-refractivity contribution in [1.29, 1.82) is 0 Å². The van der Waals surface area contributed by atoms with E-state index in [0.29, 0.717) is 13.1 Å². The Balaban J connectivity index is 1.47. The van der Waals surface area contributed by atoms with E-state index in [-0.39, 0.29) is 22.7 Å². The molecule has 4 nitrogen and oxygen atoms in total. The number of fused-ring (bicyclic) bond motifs is 1. The minimum Gasteiger partial charge on any atom is -0.379 e. The third-order valence-electron chi connectivity index (χ3n) is 7.54. The summed E-state index contributed by atoms with van der Waals surface area (Å²) in [5.74, 6) is -0.158. The van der Waals surface area contributed by atoms with E-state index in [1.807, 2.05) is 11.0 Å². The highest BCUT2D eigenvalue weighted by Crippen LogP contribution is 2.49. The molecule has 0 radical (unpaired) electrons. The molecule has 2 aliphatic heterocycles. The minimum absolute atomic E-state index is 0.0734. The second kappa shape index (κ2) is 8.71. The Morgan fingerprint density at radius 1 is 0.914 bits per heavy atom. The van der Waals surface area contributed by atoms with Crippen LogP contribution in [0.15, 0.2) is 66.7 Å². The van der Waals surface area contributed by atoms with Crippen molar-refractivity contribution in [2.75, 3.05) is 36.4 Å². The van der Waals surface area contributed by atoms with E-state index in [0.717, 1.165) is 42.0 Å². The van der Waals surface area contributed by atoms with E-state index in [9.17, 15) is 9.18 Å². The van der Waals surface area contributed by atoms with Crippen LogP contribution in [0.1, 0.15) is 54.2 Å². The molecule has 3 aromatic carbocycles. The van der Waals surface area contributed by atoms with Gasteiger partial charge in [0.1, 0.15) is 5.82 Å². The summed E-state index contributed by atoms with van der Waals surface area (Å²) >= 11 is 0. The zero-order chi connectivity index (χ0) is 24.8. The molecule has 35 heavy (non-hydrogen) atoms. The summed E-state index contributed by atoms with van der Waals surface area (Å²) < 4.78 is 13.3. The molecule has 0 saturated carbocycles. The normalized spacial score (nSPS) is 21.3. The summed E-state index contributed by atoms with van der Waals surface area (Å²) in [7, 11) is 0. The van der Waals surface area contributed by atoms with Crippen LogP contribution in [0.5, 0.6) is 0 Å². The molecule has 1 N–H and O–H groups in total. The Morgan fingerprint density at radius 3 is 2.23 bits per heavy atom. The number of halogens is 1. The van der Waals surface area contributed by atoms with Crippen LogP contribution in [0.4, 0.5) is 15.8 Å². The van der Waals surface area contributed by atoms with E-state index >= 15 is 0 Å². The molecule has 0 aromatic heterocycles. The van der Waals surface area contributed by atoms with E-state index < -0.39 is 0 Å². The van der Waals surface area contributed by atoms with Crippen molar-refractivity contribution < 1.29 is 9.18 Å². The maximum Gasteiger partial charge on any atom is 0.256 e. The maximum absolute atomic E-state index is 13.9. The van der Waals surface area contributed by atoms with Gasteiger partial charge in [0.2, 0.25) is 0 Å². The van der Waals surface area contributed by atoms with Gasteiger partial charge in [-0.1, -0.05) is 43.3 Å². The molecule has 3 aromatic rings. The third-order valence-corrected chi connectivity index (χ3v) is 7.54. The van der Waals surface area contributed by atoms with Gasteiger partial charge in [0.05, 0.1) is 11.3 Å². The average molecular weight is 472 g/mol. The SMILES string of the molecule is Cc1cc(C(=O)N2CCN(c3ccc(F)cc3)CC2)c2c(c1)C(C)(c1ccccc1)CC(C)(C)N2. The molecule has 182 valence electrons. The van der Waals surface area contributed by atoms with Crippen molar-refractivity contribution in [3.63, 3.8) is 0 Å². The van der Waals surface area contributed by atoms with Gasteiger partial charge in [0.15, 0.2) is 0 Å². The summed E-state index contributed by atoms with van der Waals surface area (Å²) in [6.07, 6.45) is 0.935. The highest BCUT2D eigenvalue weighted by Gasteiger charge is 2.43. The lowest BCUT2D eigenvalue weighted by Gasteiger charge is -2.47. The molecule has 0 bridgehead atoms. The predicted molar refractivity (Wildman–Crippen MR) is 141 cm³/mol. The summed E-state index contributed by atoms with van der Waals surface area (Å²) in [6.45, 7) is 11.5. The molecule has 5 heteroatoms. The van der Waals surface area contributed by atoms with Gasteiger partial charge in [-0.3, -0.25) is 4.79 Å². The number of hydrogen-bond donors (Lipinski definition) is 1. The zero-order valence-corrected chi connectivity index (χ0v) is 21.1. The topological polar surface area (TPSA) is 35.6 Å². The van der Waals surface area contributed by atoms with Crippen LogP contribution in [0.3, 0.4) is 0 Å². The predicted octanol–water partition coefficient (Wildman–Crippen LogP) is 6.00. The first kappa shape index (κ1) is 23.4. The second-order valence-corrected chi connectivity index (χ2v) is 10.9. The summed E-state index contributed by atoms with van der Waals surface area (Å²) in [5, 5.41) is 3.72. The summed E-state index contributed by atoms with van der Waals surface area (Å²) in [6, 6.07) is 21.5. The number of benzene rings is 3. The first-order valence-corrected chi connectivity index (χ1v) is 12.4. The lowest BCUT2D eigenvalue weighted by atomic mass is 9.65. The Bertz CT molecular complexity index is 1230. The average Bonchev–Trinajstić information content (AvgIpc) is 2.84. The molecule has 1 unspecified atom stereocenters. The summed E-state index contributed by atoms with van der Waals surface area (Å²) in [4.78, 5) is 18.1. The van der Waals surface area contributed by atoms with Gasteiger partial charge in [-0.05, 0) is 74.2 Å². The van der Waals surface area contributed by atoms with Gasteiger partial charge in [0.25, 0.3) is 5.91 Å². The molecule has 1 fully saturated rings. The van der Waals surface area contributed by atoms with Gasteiger partial charge in [-0.15, -0.1) is 0 Å². The molecule has 2 heterocycles. The number of piperazine rings is 1. The van der Waals surface area contributed by atoms with E-state index in [1.165, 1.54) is 23.3 Å². The maximum atomic E-state index is 13.9. The van der Waals surface area contributed by atoms with E-state index in [4.69, 9.17) is 0 Å². The second-order valence-electron chi connectivity index (χ2n) is 10.9. The number of anilines is 2. The van der Waals surface area contributed by atoms with Gasteiger partial charge in [-0.2, -0.15) is 0 Å². The molecule has 0 aliphatic carbocycles. The molecule has 5 rings (SSSR count). The lowest BCUT2D eigenvalue weighted by molar-refractivity contribution is 0.0747. The van der Waals surface area contributed by atoms with Crippen LogP contribution in [0.2, 0.25) is 0 Å². The first-order valence-electron chi connectivity index (χ1n) is 12.4. The molecule has 1 amide bonds. The lowest BCUT2D eigenvalue weighted by Crippen LogP contribution is -2.50. The van der Waals surface area contributed by atoms with Crippen LogP contribution in [-0.2, 0) is 5.41 Å². The van der Waals surface area contributed by atoms with Gasteiger partial charge >= 0.3 is 0 Å². The van der Waals surface area contributed by atoms with Crippen LogP contribution < -0.4 is 10.2 Å². The standard InChI is InChI=1S/C30H34FN3O/c1-21-18-25(28(35)34-16-14-33(15-17-34)24-12-10-23(31)11-13-24)27-26(19-21)30(4,20-29(2,3)32-27)22-8-6-5-7-9-22/h5-13,18-19,32H,14-17,20H2,1-4H3. The number of aryl methyl sites for hydroxylation is 1. The monoisotopic (exact) mass is 471 g/mol. The quantitative estimate of drug-likeness (QED) is 0.509. The van der Waals surface area contributed by atoms with Crippen molar-refractivity contribution in [2.45, 2.75) is 45.1 Å². The zero-order valence-electron chi connectivity index (χ0n) is 21.1. The fourth-order valence-corrected chi connectivity index (χ4v) is 5.94. The van der Waals surface area contributed by atoms with Crippen molar-refractivity contribution in [2.24, 2.45) is 0 Å². The Hall–Kier alpha value is -3.34. The van der Waals surface area contributed by atoms with Crippen LogP contribution >= 0.6 is 0 Å². The molecule has 1 saturated heterocycles. The number of nitrogens with one attached hydrogen (secondary N) is 1. The highest BCUT2D eigenvalue weighted by molar-refractivity contribution is 6.01. The fraction of sp³-hybridized carbons (Fsp3) is 0.367. The number of carbonyl (C=O) groups excluding carboxylic acids is 1. The Kier molecular flexibility index (Phi) is 5.82. The van der Waals surface area contributed by atoms with Crippen molar-refractivity contribution in [3.05, 3.63) is 94.8 Å². The third kappa shape index (κ3) is 4.40. The smallest absolute Gasteiger partial charge is 0.256 e. The van der Waals surface area contributed by atoms with Gasteiger partial charge in [-0.25, -0.2) is 4.39 Å². The molecular formula is C30H34FN3O. The molecular weight excluding hydrogens is 437 g/mol. The van der Waals surface area contributed by atoms with E-state index in [1.54, 1.807) is 12.1 Å². The molecule has 2 aliphatic rings. The van der Waals surface area contributed by atoms with Crippen LogP contribution in [0.25, 0.3) is 0 Å². The van der Waals surface area contributed by atoms with Crippen LogP contribution in [-0.4, -0.2) is 42.5 Å². The summed E-state index contributed by atoms with van der Waals surface area (Å²) in [5.41, 5.74) is 5.91. The number of rotatable bonds is 3. The highest BCUT2D eigenvalue weighted by atomic mass is 19.1. The Labute approximate surface area is 207 Å². The number of amides is 1. The molecule has 1 atom stereocenters. The van der Waals surface area contributed by atoms with E-state index in [2.05, 4.69) is 74.3 Å². The van der Waals surface area contributed by atoms with Crippen LogP contribution in [0, 0.1) is 12.7 Å². The number of nitrogens with zero attached hydrogens (tertiary/aromatic N) is 2. The fourth-order valence-electron chi connectivity index (χ4n) is 5.94. The number of hydrogen-bond acceptors (Lipinski definition) is 3. The van der Waals surface area contributed by atoms with Gasteiger partial charge in [0, 0.05) is 42.8 Å². The van der Waals surface area contributed by atoms with Gasteiger partial charge < -0.3 is 15.1 Å².